The van der Waals surface area contributed by atoms with Gasteiger partial charge in [0, 0.05) is 24.1 Å². The van der Waals surface area contributed by atoms with E-state index in [0.717, 1.165) is 23.9 Å². The number of halogens is 2. The summed E-state index contributed by atoms with van der Waals surface area (Å²) >= 11 is 1.11. The van der Waals surface area contributed by atoms with Crippen LogP contribution in [0.5, 0.6) is 0 Å². The minimum atomic E-state index is -0.846. The Kier molecular flexibility index (Phi) is 7.45. The van der Waals surface area contributed by atoms with E-state index < -0.39 is 35.7 Å². The predicted octanol–water partition coefficient (Wildman–Crippen LogP) is 4.32. The molecule has 194 valence electrons. The third-order valence-electron chi connectivity index (χ3n) is 6.09. The Bertz CT molecular complexity index is 1400. The summed E-state index contributed by atoms with van der Waals surface area (Å²) in [6.07, 6.45) is 2.82. The van der Waals surface area contributed by atoms with Crippen LogP contribution in [-0.4, -0.2) is 58.6 Å². The van der Waals surface area contributed by atoms with Crippen LogP contribution in [0.15, 0.2) is 72.0 Å². The van der Waals surface area contributed by atoms with Crippen molar-refractivity contribution in [2.24, 2.45) is 4.99 Å². The van der Waals surface area contributed by atoms with Gasteiger partial charge in [-0.25, -0.2) is 13.6 Å². The Morgan fingerprint density at radius 1 is 1.08 bits per heavy atom. The lowest BCUT2D eigenvalue weighted by molar-refractivity contribution is -0.116. The van der Waals surface area contributed by atoms with E-state index in [2.05, 4.69) is 15.3 Å². The minimum Gasteiger partial charge on any atom is -0.456 e. The minimum absolute atomic E-state index is 0.139. The first-order valence-electron chi connectivity index (χ1n) is 11.9. The van der Waals surface area contributed by atoms with Gasteiger partial charge in [-0.15, -0.1) is 11.8 Å². The van der Waals surface area contributed by atoms with Crippen LogP contribution in [0.3, 0.4) is 0 Å². The van der Waals surface area contributed by atoms with E-state index in [9.17, 15) is 18.4 Å². The lowest BCUT2D eigenvalue weighted by Gasteiger charge is -2.35. The van der Waals surface area contributed by atoms with Crippen LogP contribution in [-0.2, 0) is 9.53 Å². The van der Waals surface area contributed by atoms with Crippen molar-refractivity contribution in [2.75, 3.05) is 29.1 Å². The molecule has 3 aromatic rings. The van der Waals surface area contributed by atoms with Crippen molar-refractivity contribution in [1.82, 2.24) is 4.98 Å². The van der Waals surface area contributed by atoms with E-state index >= 15 is 0 Å². The molecule has 2 N–H and O–H groups in total. The smallest absolute Gasteiger partial charge is 0.338 e. The average molecular weight is 536 g/mol. The molecular formula is C27H23F2N5O3S. The summed E-state index contributed by atoms with van der Waals surface area (Å²) in [5, 5.41) is 11.3. The molecule has 2 aliphatic heterocycles. The highest BCUT2D eigenvalue weighted by atomic mass is 32.2. The Hall–Kier alpha value is -4.12. The molecule has 1 fully saturated rings. The Balaban J connectivity index is 1.30. The molecule has 0 radical (unpaired) electrons. The van der Waals surface area contributed by atoms with E-state index in [4.69, 9.17) is 10.1 Å². The number of thioether (sulfide) groups is 1. The van der Waals surface area contributed by atoms with Crippen LogP contribution >= 0.6 is 11.8 Å². The van der Waals surface area contributed by atoms with Gasteiger partial charge in [0.15, 0.2) is 0 Å². The second kappa shape index (κ2) is 11.1. The number of nitrogens with zero attached hydrogens (tertiary/aromatic N) is 3. The van der Waals surface area contributed by atoms with Gasteiger partial charge >= 0.3 is 5.97 Å². The number of aliphatic imine (C=N–C) groups is 1. The third-order valence-corrected chi connectivity index (χ3v) is 7.16. The van der Waals surface area contributed by atoms with Crippen LogP contribution in [0.2, 0.25) is 0 Å². The molecule has 8 nitrogen and oxygen atoms in total. The van der Waals surface area contributed by atoms with Crippen molar-refractivity contribution in [2.45, 2.75) is 18.6 Å². The zero-order valence-corrected chi connectivity index (χ0v) is 20.9. The molecule has 3 heterocycles. The second-order valence-corrected chi connectivity index (χ2v) is 9.83. The van der Waals surface area contributed by atoms with E-state index in [1.807, 2.05) is 11.0 Å². The standard InChI is InChI=1S/C27H23F2N5O3S/c28-19-7-4-8-20(29)24(19)26-33-22(15-38-26)25(35)32-21-12-31-10-9-23(21)34-13-17(30)11-18(14-34)37-27(36)16-5-2-1-3-6-16/h1-10,12,18,22,30H,11,13-15H2,(H,32,35)/t18-,22?/m0/s1. The number of anilines is 2. The molecule has 2 atom stereocenters. The zero-order valence-electron chi connectivity index (χ0n) is 20.1. The Morgan fingerprint density at radius 3 is 2.61 bits per heavy atom. The quantitative estimate of drug-likeness (QED) is 0.456. The number of esters is 1. The maximum absolute atomic E-state index is 14.2. The van der Waals surface area contributed by atoms with Crippen LogP contribution in [0.1, 0.15) is 22.3 Å². The van der Waals surface area contributed by atoms with Gasteiger partial charge in [-0.3, -0.25) is 14.8 Å². The first-order valence-corrected chi connectivity index (χ1v) is 12.8. The lowest BCUT2D eigenvalue weighted by atomic mass is 10.0. The molecule has 1 amide bonds. The first kappa shape index (κ1) is 25.5. The van der Waals surface area contributed by atoms with Crippen molar-refractivity contribution in [3.8, 4) is 0 Å². The molecule has 0 spiro atoms. The number of piperidine rings is 1. The molecule has 1 aromatic heterocycles. The summed E-state index contributed by atoms with van der Waals surface area (Å²) in [6, 6.07) is 13.1. The second-order valence-electron chi connectivity index (χ2n) is 8.82. The topological polar surface area (TPSA) is 108 Å². The zero-order chi connectivity index (χ0) is 26.6. The highest BCUT2D eigenvalue weighted by Gasteiger charge is 2.31. The lowest BCUT2D eigenvalue weighted by Crippen LogP contribution is -2.45. The maximum atomic E-state index is 14.2. The molecule has 1 unspecified atom stereocenters. The monoisotopic (exact) mass is 535 g/mol. The van der Waals surface area contributed by atoms with Gasteiger partial charge in [-0.05, 0) is 30.3 Å². The molecule has 0 saturated carbocycles. The SMILES string of the molecule is N=C1C[C@H](OC(=O)c2ccccc2)CN(c2ccncc2NC(=O)C2CSC(c3c(F)cccc3F)=N2)C1. The first-order chi connectivity index (χ1) is 18.4. The number of ether oxygens (including phenoxy) is 1. The van der Waals surface area contributed by atoms with Crippen molar-refractivity contribution in [3.05, 3.63) is 89.8 Å². The highest BCUT2D eigenvalue weighted by Crippen LogP contribution is 2.30. The number of amides is 1. The van der Waals surface area contributed by atoms with Gasteiger partial charge in [0.25, 0.3) is 0 Å². The van der Waals surface area contributed by atoms with Crippen molar-refractivity contribution in [1.29, 1.82) is 5.41 Å². The van der Waals surface area contributed by atoms with Gasteiger partial charge in [-0.1, -0.05) is 24.3 Å². The predicted molar refractivity (Wildman–Crippen MR) is 142 cm³/mol. The van der Waals surface area contributed by atoms with Crippen LogP contribution in [0.25, 0.3) is 0 Å². The van der Waals surface area contributed by atoms with Gasteiger partial charge in [0.2, 0.25) is 5.91 Å². The number of benzene rings is 2. The highest BCUT2D eigenvalue weighted by molar-refractivity contribution is 8.14. The number of aromatic nitrogens is 1. The summed E-state index contributed by atoms with van der Waals surface area (Å²) < 4.78 is 34.0. The van der Waals surface area contributed by atoms with Crippen molar-refractivity contribution < 1.29 is 23.1 Å². The van der Waals surface area contributed by atoms with Gasteiger partial charge < -0.3 is 20.4 Å². The normalized spacial score (nSPS) is 19.2. The van der Waals surface area contributed by atoms with E-state index in [1.165, 1.54) is 12.3 Å². The molecule has 5 rings (SSSR count). The molecule has 2 aliphatic rings. The Labute approximate surface area is 221 Å². The average Bonchev–Trinajstić information content (AvgIpc) is 3.39. The van der Waals surface area contributed by atoms with Crippen LogP contribution in [0, 0.1) is 17.0 Å². The number of nitrogens with one attached hydrogen (secondary N) is 2. The van der Waals surface area contributed by atoms with E-state index in [-0.39, 0.29) is 16.4 Å². The summed E-state index contributed by atoms with van der Waals surface area (Å²) in [6.45, 7) is 0.613. The molecule has 1 saturated heterocycles. The van der Waals surface area contributed by atoms with E-state index in [1.54, 1.807) is 36.5 Å². The molecule has 0 aliphatic carbocycles. The van der Waals surface area contributed by atoms with Gasteiger partial charge in [-0.2, -0.15) is 0 Å². The fourth-order valence-electron chi connectivity index (χ4n) is 4.32. The summed E-state index contributed by atoms with van der Waals surface area (Å²) in [5.41, 5.74) is 1.57. The largest absolute Gasteiger partial charge is 0.456 e. The molecular weight excluding hydrogens is 512 g/mol. The van der Waals surface area contributed by atoms with Gasteiger partial charge in [0.05, 0.1) is 41.8 Å². The summed E-state index contributed by atoms with van der Waals surface area (Å²) in [4.78, 5) is 35.8. The summed E-state index contributed by atoms with van der Waals surface area (Å²) in [5.74, 6) is -2.15. The Morgan fingerprint density at radius 2 is 1.84 bits per heavy atom. The number of hydrogen-bond acceptors (Lipinski definition) is 8. The van der Waals surface area contributed by atoms with Crippen LogP contribution < -0.4 is 10.2 Å². The van der Waals surface area contributed by atoms with Crippen molar-refractivity contribution >= 4 is 45.8 Å². The number of rotatable bonds is 6. The number of hydrogen-bond donors (Lipinski definition) is 2. The third kappa shape index (κ3) is 5.57. The maximum Gasteiger partial charge on any atom is 0.338 e. The molecule has 0 bridgehead atoms. The summed E-state index contributed by atoms with van der Waals surface area (Å²) in [7, 11) is 0. The molecule has 11 heteroatoms. The number of carbonyl (C=O) groups excluding carboxylic acids is 2. The number of carbonyl (C=O) groups is 2. The van der Waals surface area contributed by atoms with E-state index in [0.29, 0.717) is 42.2 Å². The molecule has 2 aromatic carbocycles. The van der Waals surface area contributed by atoms with Crippen molar-refractivity contribution in [3.63, 3.8) is 0 Å². The van der Waals surface area contributed by atoms with Crippen LogP contribution in [0.4, 0.5) is 20.2 Å². The number of pyridine rings is 1. The van der Waals surface area contributed by atoms with Gasteiger partial charge in [0.1, 0.15) is 28.8 Å². The fourth-order valence-corrected chi connectivity index (χ4v) is 5.41. The fraction of sp³-hybridized carbons (Fsp3) is 0.222. The molecule has 38 heavy (non-hydrogen) atoms.